The summed E-state index contributed by atoms with van der Waals surface area (Å²) in [6.45, 7) is 3.33. The van der Waals surface area contributed by atoms with Crippen LogP contribution in [0.3, 0.4) is 0 Å². The van der Waals surface area contributed by atoms with Crippen molar-refractivity contribution >= 4 is 17.5 Å². The summed E-state index contributed by atoms with van der Waals surface area (Å²) in [5.41, 5.74) is 1.21. The zero-order valence-corrected chi connectivity index (χ0v) is 12.0. The molecule has 104 valence electrons. The zero-order chi connectivity index (χ0) is 13.7. The number of hydrogen-bond donors (Lipinski definition) is 1. The molecule has 1 amide bonds. The summed E-state index contributed by atoms with van der Waals surface area (Å²) in [4.78, 5) is 11.7. The Balaban J connectivity index is 1.70. The van der Waals surface area contributed by atoms with Gasteiger partial charge in [0, 0.05) is 36.6 Å². The lowest BCUT2D eigenvalue weighted by molar-refractivity contribution is -0.121. The monoisotopic (exact) mass is 281 g/mol. The fraction of sp³-hybridized carbons (Fsp3) is 0.533. The molecule has 0 aliphatic heterocycles. The minimum atomic E-state index is 0.120. The summed E-state index contributed by atoms with van der Waals surface area (Å²) >= 11 is 5.97. The topological polar surface area (TPSA) is 38.3 Å². The van der Waals surface area contributed by atoms with E-state index in [9.17, 15) is 4.79 Å². The highest BCUT2D eigenvalue weighted by Gasteiger charge is 2.39. The SMILES string of the molecule is CCOCCCC(=O)N[C@@H]1C[C@H]1c1cccc(Cl)c1. The van der Waals surface area contributed by atoms with Gasteiger partial charge >= 0.3 is 0 Å². The molecular formula is C15H20ClNO2. The maximum absolute atomic E-state index is 11.7. The highest BCUT2D eigenvalue weighted by molar-refractivity contribution is 6.30. The third kappa shape index (κ3) is 4.51. The third-order valence-electron chi connectivity index (χ3n) is 3.31. The van der Waals surface area contributed by atoms with Crippen molar-refractivity contribution in [1.29, 1.82) is 0 Å². The summed E-state index contributed by atoms with van der Waals surface area (Å²) in [6.07, 6.45) is 2.34. The van der Waals surface area contributed by atoms with Crippen LogP contribution < -0.4 is 5.32 Å². The van der Waals surface area contributed by atoms with Crippen LogP contribution in [-0.2, 0) is 9.53 Å². The minimum Gasteiger partial charge on any atom is -0.382 e. The molecular weight excluding hydrogens is 262 g/mol. The van der Waals surface area contributed by atoms with Gasteiger partial charge in [-0.1, -0.05) is 23.7 Å². The molecule has 0 heterocycles. The normalized spacial score (nSPS) is 21.2. The summed E-state index contributed by atoms with van der Waals surface area (Å²) in [5.74, 6) is 0.545. The van der Waals surface area contributed by atoms with Crippen LogP contribution in [0.15, 0.2) is 24.3 Å². The average molecular weight is 282 g/mol. The first-order valence-corrected chi connectivity index (χ1v) is 7.21. The van der Waals surface area contributed by atoms with Crippen molar-refractivity contribution in [2.45, 2.75) is 38.1 Å². The number of benzene rings is 1. The van der Waals surface area contributed by atoms with Crippen LogP contribution in [0.4, 0.5) is 0 Å². The van der Waals surface area contributed by atoms with Crippen molar-refractivity contribution in [3.05, 3.63) is 34.9 Å². The second kappa shape index (κ2) is 6.92. The fourth-order valence-corrected chi connectivity index (χ4v) is 2.42. The molecule has 1 saturated carbocycles. The van der Waals surface area contributed by atoms with Gasteiger partial charge < -0.3 is 10.1 Å². The van der Waals surface area contributed by atoms with Gasteiger partial charge in [-0.3, -0.25) is 4.79 Å². The molecule has 3 nitrogen and oxygen atoms in total. The predicted molar refractivity (Wildman–Crippen MR) is 76.5 cm³/mol. The van der Waals surface area contributed by atoms with Crippen molar-refractivity contribution in [3.8, 4) is 0 Å². The molecule has 0 aromatic heterocycles. The Morgan fingerprint density at radius 3 is 3.11 bits per heavy atom. The van der Waals surface area contributed by atoms with Crippen molar-refractivity contribution in [1.82, 2.24) is 5.32 Å². The highest BCUT2D eigenvalue weighted by atomic mass is 35.5. The van der Waals surface area contributed by atoms with E-state index in [-0.39, 0.29) is 11.9 Å². The number of rotatable bonds is 7. The van der Waals surface area contributed by atoms with E-state index in [1.165, 1.54) is 5.56 Å². The van der Waals surface area contributed by atoms with Gasteiger partial charge in [0.15, 0.2) is 0 Å². The lowest BCUT2D eigenvalue weighted by Crippen LogP contribution is -2.26. The summed E-state index contributed by atoms with van der Waals surface area (Å²) in [7, 11) is 0. The predicted octanol–water partition coefficient (Wildman–Crippen LogP) is 3.13. The van der Waals surface area contributed by atoms with Crippen LogP contribution in [0, 0.1) is 0 Å². The lowest BCUT2D eigenvalue weighted by atomic mass is 10.1. The van der Waals surface area contributed by atoms with Crippen LogP contribution in [0.5, 0.6) is 0 Å². The first-order valence-electron chi connectivity index (χ1n) is 6.83. The number of carbonyl (C=O) groups is 1. The maximum Gasteiger partial charge on any atom is 0.220 e. The Morgan fingerprint density at radius 1 is 1.53 bits per heavy atom. The molecule has 1 aromatic carbocycles. The number of hydrogen-bond acceptors (Lipinski definition) is 2. The van der Waals surface area contributed by atoms with E-state index in [1.807, 2.05) is 25.1 Å². The van der Waals surface area contributed by atoms with Gasteiger partial charge in [0.1, 0.15) is 0 Å². The van der Waals surface area contributed by atoms with E-state index in [0.29, 0.717) is 25.6 Å². The highest BCUT2D eigenvalue weighted by Crippen LogP contribution is 2.41. The van der Waals surface area contributed by atoms with E-state index >= 15 is 0 Å². The Labute approximate surface area is 119 Å². The number of halogens is 1. The zero-order valence-electron chi connectivity index (χ0n) is 11.2. The second-order valence-electron chi connectivity index (χ2n) is 4.87. The van der Waals surface area contributed by atoms with Crippen molar-refractivity contribution in [2.24, 2.45) is 0 Å². The maximum atomic E-state index is 11.7. The van der Waals surface area contributed by atoms with Crippen molar-refractivity contribution in [2.75, 3.05) is 13.2 Å². The quantitative estimate of drug-likeness (QED) is 0.780. The number of amides is 1. The molecule has 1 aliphatic carbocycles. The van der Waals surface area contributed by atoms with Gasteiger partial charge in [0.2, 0.25) is 5.91 Å². The summed E-state index contributed by atoms with van der Waals surface area (Å²) in [5, 5.41) is 3.82. The standard InChI is InChI=1S/C15H20ClNO2/c1-2-19-8-4-7-15(18)17-14-10-13(14)11-5-3-6-12(16)9-11/h3,5-6,9,13-14H,2,4,7-8,10H2,1H3,(H,17,18)/t13-,14+/m0/s1. The first-order chi connectivity index (χ1) is 9.20. The van der Waals surface area contributed by atoms with Gasteiger partial charge in [0.05, 0.1) is 0 Å². The molecule has 1 aliphatic rings. The molecule has 19 heavy (non-hydrogen) atoms. The van der Waals surface area contributed by atoms with Gasteiger partial charge in [-0.25, -0.2) is 0 Å². The first kappa shape index (κ1) is 14.4. The van der Waals surface area contributed by atoms with Gasteiger partial charge in [-0.2, -0.15) is 0 Å². The molecule has 0 bridgehead atoms. The van der Waals surface area contributed by atoms with E-state index in [4.69, 9.17) is 16.3 Å². The minimum absolute atomic E-state index is 0.120. The molecule has 0 unspecified atom stereocenters. The van der Waals surface area contributed by atoms with Crippen LogP contribution in [0.25, 0.3) is 0 Å². The molecule has 1 fully saturated rings. The van der Waals surface area contributed by atoms with Crippen molar-refractivity contribution in [3.63, 3.8) is 0 Å². The van der Waals surface area contributed by atoms with E-state index in [2.05, 4.69) is 11.4 Å². The van der Waals surface area contributed by atoms with E-state index in [1.54, 1.807) is 0 Å². The third-order valence-corrected chi connectivity index (χ3v) is 3.55. The Kier molecular flexibility index (Phi) is 5.23. The Morgan fingerprint density at radius 2 is 2.37 bits per heavy atom. The molecule has 0 radical (unpaired) electrons. The Bertz CT molecular complexity index is 436. The van der Waals surface area contributed by atoms with Crippen LogP contribution >= 0.6 is 11.6 Å². The van der Waals surface area contributed by atoms with Gasteiger partial charge in [-0.15, -0.1) is 0 Å². The fourth-order valence-electron chi connectivity index (χ4n) is 2.22. The molecule has 0 spiro atoms. The number of nitrogens with one attached hydrogen (secondary N) is 1. The smallest absolute Gasteiger partial charge is 0.220 e. The largest absolute Gasteiger partial charge is 0.382 e. The molecule has 1 N–H and O–H groups in total. The van der Waals surface area contributed by atoms with Gasteiger partial charge in [-0.05, 0) is 37.5 Å². The second-order valence-corrected chi connectivity index (χ2v) is 5.31. The molecule has 2 atom stereocenters. The number of carbonyl (C=O) groups excluding carboxylic acids is 1. The Hall–Kier alpha value is -1.06. The van der Waals surface area contributed by atoms with Crippen LogP contribution in [0.2, 0.25) is 5.02 Å². The molecule has 4 heteroatoms. The summed E-state index contributed by atoms with van der Waals surface area (Å²) in [6, 6.07) is 8.15. The average Bonchev–Trinajstić information content (AvgIpc) is 3.14. The lowest BCUT2D eigenvalue weighted by Gasteiger charge is -2.05. The molecule has 2 rings (SSSR count). The molecule has 1 aromatic rings. The van der Waals surface area contributed by atoms with E-state index < -0.39 is 0 Å². The van der Waals surface area contributed by atoms with Crippen molar-refractivity contribution < 1.29 is 9.53 Å². The molecule has 0 saturated heterocycles. The summed E-state index contributed by atoms with van der Waals surface area (Å²) < 4.78 is 5.21. The number of ether oxygens (including phenoxy) is 1. The van der Waals surface area contributed by atoms with Gasteiger partial charge in [0.25, 0.3) is 0 Å². The van der Waals surface area contributed by atoms with E-state index in [0.717, 1.165) is 17.9 Å². The van der Waals surface area contributed by atoms with Crippen LogP contribution in [-0.4, -0.2) is 25.2 Å². The van der Waals surface area contributed by atoms with Crippen LogP contribution in [0.1, 0.15) is 37.7 Å².